The molecule has 2 aromatic rings. The van der Waals surface area contributed by atoms with Crippen LogP contribution in [0.2, 0.25) is 0 Å². The number of pyridine rings is 1. The molecule has 1 saturated carbocycles. The molecule has 7 heteroatoms. The molecule has 0 amide bonds. The van der Waals surface area contributed by atoms with E-state index in [1.165, 1.54) is 16.9 Å². The zero-order valence-electron chi connectivity index (χ0n) is 8.85. The van der Waals surface area contributed by atoms with E-state index in [-0.39, 0.29) is 5.69 Å². The van der Waals surface area contributed by atoms with Crippen LogP contribution in [0.3, 0.4) is 0 Å². The Bertz CT molecular complexity index is 558. The van der Waals surface area contributed by atoms with Gasteiger partial charge in [-0.1, -0.05) is 5.21 Å². The van der Waals surface area contributed by atoms with Gasteiger partial charge in [-0.3, -0.25) is 10.1 Å². The molecular formula is C10H9N5O2. The van der Waals surface area contributed by atoms with Crippen molar-refractivity contribution < 1.29 is 4.92 Å². The van der Waals surface area contributed by atoms with E-state index in [1.807, 2.05) is 6.20 Å². The molecule has 0 spiro atoms. The quantitative estimate of drug-likeness (QED) is 0.589. The van der Waals surface area contributed by atoms with E-state index in [9.17, 15) is 10.1 Å². The Kier molecular flexibility index (Phi) is 2.10. The molecule has 1 fully saturated rings. The minimum atomic E-state index is -0.478. The van der Waals surface area contributed by atoms with Crippen LogP contribution in [0.15, 0.2) is 24.5 Å². The summed E-state index contributed by atoms with van der Waals surface area (Å²) in [6.07, 6.45) is 5.36. The fourth-order valence-electron chi connectivity index (χ4n) is 1.58. The van der Waals surface area contributed by atoms with E-state index >= 15 is 0 Å². The Morgan fingerprint density at radius 2 is 2.24 bits per heavy atom. The summed E-state index contributed by atoms with van der Waals surface area (Å²) >= 11 is 0. The fraction of sp³-hybridized carbons (Fsp3) is 0.300. The maximum Gasteiger partial charge on any atom is 0.287 e. The molecular weight excluding hydrogens is 222 g/mol. The van der Waals surface area contributed by atoms with E-state index in [0.29, 0.717) is 11.7 Å². The Balaban J connectivity index is 1.89. The second-order valence-corrected chi connectivity index (χ2v) is 3.99. The second kappa shape index (κ2) is 3.62. The van der Waals surface area contributed by atoms with Crippen molar-refractivity contribution in [2.24, 2.45) is 0 Å². The van der Waals surface area contributed by atoms with Crippen molar-refractivity contribution >= 4 is 5.69 Å². The fourth-order valence-corrected chi connectivity index (χ4v) is 1.58. The van der Waals surface area contributed by atoms with Crippen LogP contribution in [0.1, 0.15) is 24.5 Å². The summed E-state index contributed by atoms with van der Waals surface area (Å²) < 4.78 is 1.54. The summed E-state index contributed by atoms with van der Waals surface area (Å²) in [6.45, 7) is 0. The summed E-state index contributed by atoms with van der Waals surface area (Å²) in [6, 6.07) is 2.96. The van der Waals surface area contributed by atoms with Crippen molar-refractivity contribution in [3.8, 4) is 5.82 Å². The third-order valence-corrected chi connectivity index (χ3v) is 2.68. The highest BCUT2D eigenvalue weighted by Crippen LogP contribution is 2.38. The van der Waals surface area contributed by atoms with Gasteiger partial charge >= 0.3 is 0 Å². The van der Waals surface area contributed by atoms with E-state index in [2.05, 4.69) is 15.3 Å². The van der Waals surface area contributed by atoms with E-state index in [0.717, 1.165) is 18.5 Å². The lowest BCUT2D eigenvalue weighted by atomic mass is 10.3. The molecule has 0 bridgehead atoms. The smallest absolute Gasteiger partial charge is 0.258 e. The summed E-state index contributed by atoms with van der Waals surface area (Å²) in [5, 5.41) is 18.5. The largest absolute Gasteiger partial charge is 0.287 e. The second-order valence-electron chi connectivity index (χ2n) is 3.99. The van der Waals surface area contributed by atoms with E-state index in [4.69, 9.17) is 0 Å². The summed E-state index contributed by atoms with van der Waals surface area (Å²) in [5.74, 6) is 1.07. The van der Waals surface area contributed by atoms with Gasteiger partial charge in [-0.25, -0.2) is 9.67 Å². The highest BCUT2D eigenvalue weighted by atomic mass is 16.6. The van der Waals surface area contributed by atoms with Crippen LogP contribution >= 0.6 is 0 Å². The molecule has 86 valence electrons. The lowest BCUT2D eigenvalue weighted by Crippen LogP contribution is -1.98. The molecule has 0 aromatic carbocycles. The maximum atomic E-state index is 10.5. The molecule has 1 aliphatic rings. The van der Waals surface area contributed by atoms with Gasteiger partial charge in [0.2, 0.25) is 0 Å². The first-order chi connectivity index (χ1) is 8.24. The average molecular weight is 231 g/mol. The van der Waals surface area contributed by atoms with E-state index < -0.39 is 4.92 Å². The van der Waals surface area contributed by atoms with Gasteiger partial charge in [0.05, 0.1) is 16.8 Å². The Morgan fingerprint density at radius 1 is 1.41 bits per heavy atom. The first-order valence-corrected chi connectivity index (χ1v) is 5.27. The molecule has 17 heavy (non-hydrogen) atoms. The predicted molar refractivity (Wildman–Crippen MR) is 57.8 cm³/mol. The number of aromatic nitrogens is 4. The first kappa shape index (κ1) is 9.88. The number of rotatable bonds is 3. The molecule has 0 aliphatic heterocycles. The molecule has 7 nitrogen and oxygen atoms in total. The Morgan fingerprint density at radius 3 is 2.82 bits per heavy atom. The van der Waals surface area contributed by atoms with Gasteiger partial charge in [0.15, 0.2) is 5.82 Å². The first-order valence-electron chi connectivity index (χ1n) is 5.27. The number of nitrogens with zero attached hydrogens (tertiary/aromatic N) is 5. The van der Waals surface area contributed by atoms with Crippen LogP contribution in [0, 0.1) is 10.1 Å². The number of nitro groups is 1. The monoisotopic (exact) mass is 231 g/mol. The van der Waals surface area contributed by atoms with Crippen molar-refractivity contribution in [3.05, 3.63) is 40.3 Å². The third kappa shape index (κ3) is 1.86. The predicted octanol–water partition coefficient (Wildman–Crippen LogP) is 1.45. The van der Waals surface area contributed by atoms with Gasteiger partial charge in [-0.2, -0.15) is 0 Å². The van der Waals surface area contributed by atoms with Crippen LogP contribution in [0.4, 0.5) is 5.69 Å². The highest BCUT2D eigenvalue weighted by Gasteiger charge is 2.26. The van der Waals surface area contributed by atoms with Gasteiger partial charge in [0.1, 0.15) is 6.20 Å². The molecule has 1 aliphatic carbocycles. The summed E-state index contributed by atoms with van der Waals surface area (Å²) in [7, 11) is 0. The molecule has 0 atom stereocenters. The van der Waals surface area contributed by atoms with Crippen molar-refractivity contribution in [2.75, 3.05) is 0 Å². The van der Waals surface area contributed by atoms with Gasteiger partial charge < -0.3 is 0 Å². The SMILES string of the molecule is O=[N+]([O-])c1ccc(-n2cc(C3CC3)nn2)nc1. The molecule has 2 aromatic heterocycles. The van der Waals surface area contributed by atoms with Gasteiger partial charge in [0.25, 0.3) is 5.69 Å². The van der Waals surface area contributed by atoms with Crippen molar-refractivity contribution in [1.82, 2.24) is 20.0 Å². The standard InChI is InChI=1S/C10H9N5O2/c16-15(17)8-3-4-10(11-5-8)14-6-9(12-13-14)7-1-2-7/h3-7H,1-2H2. The van der Waals surface area contributed by atoms with Crippen LogP contribution in [-0.2, 0) is 0 Å². The molecule has 3 rings (SSSR count). The zero-order chi connectivity index (χ0) is 11.8. The summed E-state index contributed by atoms with van der Waals surface area (Å²) in [5.41, 5.74) is 0.932. The minimum absolute atomic E-state index is 0.0312. The van der Waals surface area contributed by atoms with E-state index in [1.54, 1.807) is 6.07 Å². The van der Waals surface area contributed by atoms with Crippen LogP contribution in [0.25, 0.3) is 5.82 Å². The topological polar surface area (TPSA) is 86.7 Å². The lowest BCUT2D eigenvalue weighted by Gasteiger charge is -1.97. The van der Waals surface area contributed by atoms with Gasteiger partial charge in [-0.05, 0) is 18.9 Å². The zero-order valence-corrected chi connectivity index (χ0v) is 8.85. The molecule has 0 saturated heterocycles. The number of hydrogen-bond acceptors (Lipinski definition) is 5. The van der Waals surface area contributed by atoms with Gasteiger partial charge in [0, 0.05) is 12.0 Å². The molecule has 0 unspecified atom stereocenters. The van der Waals surface area contributed by atoms with Gasteiger partial charge in [-0.15, -0.1) is 5.10 Å². The molecule has 0 N–H and O–H groups in total. The average Bonchev–Trinajstić information content (AvgIpc) is 3.07. The Labute approximate surface area is 96.2 Å². The van der Waals surface area contributed by atoms with Crippen molar-refractivity contribution in [3.63, 3.8) is 0 Å². The highest BCUT2D eigenvalue weighted by molar-refractivity contribution is 5.32. The maximum absolute atomic E-state index is 10.5. The van der Waals surface area contributed by atoms with Crippen molar-refractivity contribution in [2.45, 2.75) is 18.8 Å². The van der Waals surface area contributed by atoms with Crippen LogP contribution < -0.4 is 0 Å². The van der Waals surface area contributed by atoms with Crippen molar-refractivity contribution in [1.29, 1.82) is 0 Å². The van der Waals surface area contributed by atoms with Crippen LogP contribution in [-0.4, -0.2) is 24.9 Å². The third-order valence-electron chi connectivity index (χ3n) is 2.68. The normalized spacial score (nSPS) is 14.8. The molecule has 2 heterocycles. The minimum Gasteiger partial charge on any atom is -0.258 e. The summed E-state index contributed by atoms with van der Waals surface area (Å²) in [4.78, 5) is 14.0. The number of hydrogen-bond donors (Lipinski definition) is 0. The Hall–Kier alpha value is -2.31. The molecule has 0 radical (unpaired) electrons. The lowest BCUT2D eigenvalue weighted by molar-refractivity contribution is -0.385. The van der Waals surface area contributed by atoms with Crippen LogP contribution in [0.5, 0.6) is 0 Å².